The number of rotatable bonds is 6. The molecule has 9 nitrogen and oxygen atoms in total. The Bertz CT molecular complexity index is 1130. The van der Waals surface area contributed by atoms with E-state index >= 15 is 0 Å². The molecule has 41 heavy (non-hydrogen) atoms. The van der Waals surface area contributed by atoms with E-state index in [9.17, 15) is 0 Å². The van der Waals surface area contributed by atoms with Crippen LogP contribution in [0.4, 0.5) is 0 Å². The van der Waals surface area contributed by atoms with Gasteiger partial charge in [0.2, 0.25) is 0 Å². The van der Waals surface area contributed by atoms with Gasteiger partial charge in [0.1, 0.15) is 0 Å². The molecule has 0 aromatic carbocycles. The van der Waals surface area contributed by atoms with Gasteiger partial charge >= 0.3 is 23.9 Å². The Kier molecular flexibility index (Phi) is 11.9. The van der Waals surface area contributed by atoms with Gasteiger partial charge in [0.05, 0.1) is 17.1 Å². The minimum atomic E-state index is -1.53. The smallest absolute Gasteiger partial charge is 0.444 e. The normalized spacial score (nSPS) is 12.7. The van der Waals surface area contributed by atoms with Crippen LogP contribution >= 0.6 is 0 Å². The van der Waals surface area contributed by atoms with Crippen molar-refractivity contribution in [2.45, 2.75) is 138 Å². The van der Waals surface area contributed by atoms with Crippen LogP contribution in [-0.2, 0) is 33.0 Å². The summed E-state index contributed by atoms with van der Waals surface area (Å²) in [5.74, 6) is 0.955. The van der Waals surface area contributed by atoms with Gasteiger partial charge in [-0.1, -0.05) is 104 Å². The van der Waals surface area contributed by atoms with Crippen LogP contribution in [0.5, 0.6) is 0 Å². The maximum absolute atomic E-state index is 8.00. The Morgan fingerprint density at radius 2 is 0.805 bits per heavy atom. The minimum absolute atomic E-state index is 0. The van der Waals surface area contributed by atoms with Crippen LogP contribution in [-0.4, -0.2) is 36.2 Å². The molecule has 0 atom stereocenters. The Morgan fingerprint density at radius 3 is 0.951 bits per heavy atom. The van der Waals surface area contributed by atoms with Gasteiger partial charge < -0.3 is 23.9 Å². The number of aromatic nitrogens is 6. The topological polar surface area (TPSA) is 106 Å². The second-order valence-electron chi connectivity index (χ2n) is 15.1. The number of hydrogen-bond acceptors (Lipinski definition) is 6. The third kappa shape index (κ3) is 8.34. The largest absolute Gasteiger partial charge is 2.00 e. The Balaban J connectivity index is 0.00000201. The van der Waals surface area contributed by atoms with Gasteiger partial charge in [0, 0.05) is 33.3 Å². The Labute approximate surface area is 258 Å². The van der Waals surface area contributed by atoms with Crippen molar-refractivity contribution in [1.82, 2.24) is 29.1 Å². The van der Waals surface area contributed by atoms with Crippen LogP contribution in [0.25, 0.3) is 0 Å². The molecule has 0 saturated heterocycles. The molecule has 0 N–H and O–H groups in total. The summed E-state index contributed by atoms with van der Waals surface area (Å²) in [5, 5.41) is 25.0. The maximum atomic E-state index is 8.00. The average molecular weight is 613 g/mol. The van der Waals surface area contributed by atoms with E-state index in [-0.39, 0.29) is 33.0 Å². The second kappa shape index (κ2) is 13.3. The van der Waals surface area contributed by atoms with Crippen LogP contribution in [0.3, 0.4) is 0 Å². The van der Waals surface area contributed by atoms with Gasteiger partial charge in [0.25, 0.3) is 0 Å². The van der Waals surface area contributed by atoms with E-state index in [2.05, 4.69) is 136 Å². The summed E-state index contributed by atoms with van der Waals surface area (Å²) in [7, 11) is -1.53. The third-order valence-corrected chi connectivity index (χ3v) is 7.32. The first-order valence-corrected chi connectivity index (χ1v) is 14.6. The standard InChI is InChI=1S/C30H52BN6.Co.HNO2/c1-19(2)22-16-25(28(7,8)9)32-35(22)31(36-23(20(3)4)17-26(33-36)29(10,11)12)37-24(21(5)6)18-27(34-37)30(13,14)15;;2-1-3/h16-21,31H,1-15H3;;(H,2,3)/q-1;+2;/p-1. The van der Waals surface area contributed by atoms with Gasteiger partial charge in [-0.15, -0.1) is 5.34 Å². The second-order valence-corrected chi connectivity index (χ2v) is 15.1. The zero-order chi connectivity index (χ0) is 31.0. The molecular formula is C30H52BCoN7O2. The van der Waals surface area contributed by atoms with Crippen molar-refractivity contribution in [3.05, 3.63) is 62.5 Å². The quantitative estimate of drug-likeness (QED) is 0.163. The molecule has 3 aromatic rings. The van der Waals surface area contributed by atoms with Gasteiger partial charge in [-0.2, -0.15) is 0 Å². The molecule has 0 amide bonds. The number of nitrogens with zero attached hydrogens (tertiary/aromatic N) is 7. The molecule has 11 heteroatoms. The summed E-state index contributed by atoms with van der Waals surface area (Å²) in [4.78, 5) is 8.00. The fourth-order valence-electron chi connectivity index (χ4n) is 4.85. The summed E-state index contributed by atoms with van der Waals surface area (Å²) >= 11 is 0. The van der Waals surface area contributed by atoms with Crippen LogP contribution in [0.2, 0.25) is 0 Å². The third-order valence-electron chi connectivity index (χ3n) is 7.32. The van der Waals surface area contributed by atoms with E-state index in [1.165, 1.54) is 17.1 Å². The van der Waals surface area contributed by atoms with Crippen molar-refractivity contribution in [1.29, 1.82) is 0 Å². The molecule has 0 saturated carbocycles. The fourth-order valence-corrected chi connectivity index (χ4v) is 4.85. The van der Waals surface area contributed by atoms with Crippen molar-refractivity contribution in [2.24, 2.45) is 5.34 Å². The zero-order valence-electron chi connectivity index (χ0n) is 28.0. The van der Waals surface area contributed by atoms with E-state index in [1.807, 2.05) is 0 Å². The van der Waals surface area contributed by atoms with Crippen LogP contribution in [0.15, 0.2) is 23.5 Å². The summed E-state index contributed by atoms with van der Waals surface area (Å²) in [5.41, 5.74) is 6.86. The van der Waals surface area contributed by atoms with Crippen molar-refractivity contribution in [3.8, 4) is 0 Å². The molecule has 0 aliphatic rings. The SMILES string of the molecule is CC(C)c1cc(C(C)(C)C)nn1[BH-](n1nc(C(C)(C)C)cc1C(C)C)n1nc(C(C)(C)C)cc1C(C)C.O=N[O-].[Co+2]. The number of hydrogen-bond donors (Lipinski definition) is 0. The molecule has 3 heterocycles. The van der Waals surface area contributed by atoms with Gasteiger partial charge in [-0.25, -0.2) is 15.3 Å². The first kappa shape index (κ1) is 36.6. The summed E-state index contributed by atoms with van der Waals surface area (Å²) in [6, 6.07) is 6.91. The van der Waals surface area contributed by atoms with Crippen molar-refractivity contribution < 1.29 is 16.8 Å². The Hall–Kier alpha value is -2.40. The Morgan fingerprint density at radius 1 is 0.610 bits per heavy atom. The monoisotopic (exact) mass is 612 g/mol. The average Bonchev–Trinajstić information content (AvgIpc) is 3.51. The molecule has 0 spiro atoms. The molecule has 1 radical (unpaired) electrons. The summed E-state index contributed by atoms with van der Waals surface area (Å²) < 4.78 is 6.84. The molecule has 0 aliphatic heterocycles. The fraction of sp³-hybridized carbons (Fsp3) is 0.700. The van der Waals surface area contributed by atoms with E-state index in [1.54, 1.807) is 0 Å². The molecule has 0 unspecified atom stereocenters. The van der Waals surface area contributed by atoms with Gasteiger partial charge in [-0.3, -0.25) is 0 Å². The zero-order valence-corrected chi connectivity index (χ0v) is 29.0. The molecule has 3 aromatic heterocycles. The van der Waals surface area contributed by atoms with Crippen LogP contribution in [0.1, 0.15) is 156 Å². The van der Waals surface area contributed by atoms with Crippen LogP contribution < -0.4 is 0 Å². The molecule has 3 rings (SSSR count). The van der Waals surface area contributed by atoms with E-state index in [0.29, 0.717) is 17.8 Å². The van der Waals surface area contributed by atoms with E-state index < -0.39 is 7.12 Å². The predicted octanol–water partition coefficient (Wildman–Crippen LogP) is 7.45. The molecule has 231 valence electrons. The minimum Gasteiger partial charge on any atom is -0.444 e. The van der Waals surface area contributed by atoms with Gasteiger partial charge in [-0.05, 0) is 36.0 Å². The molecule has 0 bridgehead atoms. The van der Waals surface area contributed by atoms with Crippen LogP contribution in [0, 0.1) is 10.1 Å². The maximum Gasteiger partial charge on any atom is 2.00 e. The van der Waals surface area contributed by atoms with Crippen molar-refractivity contribution in [3.63, 3.8) is 0 Å². The first-order chi connectivity index (χ1) is 18.1. The summed E-state index contributed by atoms with van der Waals surface area (Å²) in [6.45, 7) is 33.7. The molecule has 0 aliphatic carbocycles. The predicted molar refractivity (Wildman–Crippen MR) is 168 cm³/mol. The first-order valence-electron chi connectivity index (χ1n) is 14.6. The van der Waals surface area contributed by atoms with E-state index in [0.717, 1.165) is 22.4 Å². The molecule has 0 fully saturated rings. The van der Waals surface area contributed by atoms with Gasteiger partial charge in [0.15, 0.2) is 0 Å². The van der Waals surface area contributed by atoms with E-state index in [4.69, 9.17) is 25.4 Å². The molecular weight excluding hydrogens is 560 g/mol. The van der Waals surface area contributed by atoms with Crippen molar-refractivity contribution in [2.75, 3.05) is 0 Å². The van der Waals surface area contributed by atoms with Crippen molar-refractivity contribution >= 4 is 7.12 Å². The summed E-state index contributed by atoms with van der Waals surface area (Å²) in [6.07, 6.45) is 0.